The van der Waals surface area contributed by atoms with Crippen LogP contribution < -0.4 is 10.4 Å². The molecule has 0 aliphatic carbocycles. The van der Waals surface area contributed by atoms with Crippen LogP contribution >= 0.6 is 0 Å². The zero-order valence-corrected chi connectivity index (χ0v) is 20.0. The van der Waals surface area contributed by atoms with Gasteiger partial charge in [0, 0.05) is 18.1 Å². The second-order valence-corrected chi connectivity index (χ2v) is 8.56. The van der Waals surface area contributed by atoms with E-state index in [1.807, 2.05) is 0 Å². The zero-order chi connectivity index (χ0) is 26.4. The van der Waals surface area contributed by atoms with Crippen LogP contribution in [0.2, 0.25) is 0 Å². The molecule has 0 bridgehead atoms. The van der Waals surface area contributed by atoms with Gasteiger partial charge in [-0.25, -0.2) is 33.3 Å². The van der Waals surface area contributed by atoms with Gasteiger partial charge in [0.05, 0.1) is 55.2 Å². The fraction of sp³-hybridized carbons (Fsp3) is 0.240. The predicted octanol–water partition coefficient (Wildman–Crippen LogP) is 3.03. The van der Waals surface area contributed by atoms with E-state index in [1.165, 1.54) is 34.8 Å². The summed E-state index contributed by atoms with van der Waals surface area (Å²) >= 11 is 0. The fourth-order valence-electron chi connectivity index (χ4n) is 4.79. The second kappa shape index (κ2) is 9.33. The summed E-state index contributed by atoms with van der Waals surface area (Å²) in [7, 11) is 1.36. The topological polar surface area (TPSA) is 122 Å². The van der Waals surface area contributed by atoms with Crippen LogP contribution in [0.15, 0.2) is 47.7 Å². The maximum Gasteiger partial charge on any atom is 0.331 e. The fourth-order valence-corrected chi connectivity index (χ4v) is 4.79. The van der Waals surface area contributed by atoms with Crippen molar-refractivity contribution >= 4 is 22.2 Å². The number of ether oxygens (including phenoxy) is 1. The van der Waals surface area contributed by atoms with Crippen molar-refractivity contribution in [1.82, 2.24) is 28.7 Å². The minimum atomic E-state index is -0.844. The molecule has 13 heteroatoms. The summed E-state index contributed by atoms with van der Waals surface area (Å²) in [6.45, 7) is 0.299. The molecule has 2 aromatic carbocycles. The molecule has 5 aromatic rings. The Labute approximate surface area is 213 Å². The lowest BCUT2D eigenvalue weighted by Crippen LogP contribution is -2.32. The number of hydrogen-bond acceptors (Lipinski definition) is 8. The summed E-state index contributed by atoms with van der Waals surface area (Å²) in [6.07, 6.45) is 3.30. The van der Waals surface area contributed by atoms with Gasteiger partial charge in [-0.2, -0.15) is 10.2 Å². The molecule has 1 atom stereocenters. The van der Waals surface area contributed by atoms with Crippen LogP contribution in [0, 0.1) is 23.0 Å². The lowest BCUT2D eigenvalue weighted by Gasteiger charge is -2.27. The highest BCUT2D eigenvalue weighted by atomic mass is 19.1. The SMILES string of the molecule is COOCCn1c(=O)n([C@@H]2CCOc3c(F)cc(F)cc32)c2nc(-n3cnc4ccc(C#N)cc43)ncc21. The summed E-state index contributed by atoms with van der Waals surface area (Å²) in [6, 6.07) is 8.29. The third-order valence-electron chi connectivity index (χ3n) is 6.45. The van der Waals surface area contributed by atoms with Gasteiger partial charge in [-0.1, -0.05) is 0 Å². The van der Waals surface area contributed by atoms with Crippen molar-refractivity contribution in [3.63, 3.8) is 0 Å². The van der Waals surface area contributed by atoms with Crippen molar-refractivity contribution in [1.29, 1.82) is 5.26 Å². The highest BCUT2D eigenvalue weighted by Crippen LogP contribution is 2.38. The maximum absolute atomic E-state index is 14.6. The van der Waals surface area contributed by atoms with E-state index in [2.05, 4.69) is 20.9 Å². The molecule has 0 amide bonds. The molecular weight excluding hydrogens is 500 g/mol. The van der Waals surface area contributed by atoms with Crippen LogP contribution in [0.1, 0.15) is 23.6 Å². The molecule has 0 fully saturated rings. The number of rotatable bonds is 6. The minimum Gasteiger partial charge on any atom is -0.490 e. The maximum atomic E-state index is 14.6. The van der Waals surface area contributed by atoms with Crippen LogP contribution in [-0.4, -0.2) is 49.0 Å². The Bertz CT molecular complexity index is 1800. The first-order valence-corrected chi connectivity index (χ1v) is 11.6. The average Bonchev–Trinajstić information content (AvgIpc) is 3.46. The zero-order valence-electron chi connectivity index (χ0n) is 20.0. The second-order valence-electron chi connectivity index (χ2n) is 8.56. The van der Waals surface area contributed by atoms with Gasteiger partial charge in [-0.05, 0) is 24.3 Å². The van der Waals surface area contributed by atoms with Crippen molar-refractivity contribution in [2.75, 3.05) is 20.3 Å². The summed E-state index contributed by atoms with van der Waals surface area (Å²) in [5, 5.41) is 9.32. The van der Waals surface area contributed by atoms with E-state index < -0.39 is 23.4 Å². The monoisotopic (exact) mass is 519 g/mol. The van der Waals surface area contributed by atoms with E-state index in [-0.39, 0.29) is 49.1 Å². The van der Waals surface area contributed by atoms with Gasteiger partial charge in [0.25, 0.3) is 0 Å². The van der Waals surface area contributed by atoms with E-state index in [4.69, 9.17) is 14.6 Å². The van der Waals surface area contributed by atoms with E-state index in [0.29, 0.717) is 22.1 Å². The van der Waals surface area contributed by atoms with Gasteiger partial charge in [-0.15, -0.1) is 0 Å². The molecule has 4 heterocycles. The van der Waals surface area contributed by atoms with Gasteiger partial charge in [0.1, 0.15) is 24.3 Å². The highest BCUT2D eigenvalue weighted by Gasteiger charge is 2.31. The molecule has 38 heavy (non-hydrogen) atoms. The number of hydrogen-bond donors (Lipinski definition) is 0. The number of nitriles is 1. The molecule has 3 aromatic heterocycles. The number of aromatic nitrogens is 6. The quantitative estimate of drug-likeness (QED) is 0.191. The van der Waals surface area contributed by atoms with Crippen LogP contribution in [0.25, 0.3) is 28.1 Å². The lowest BCUT2D eigenvalue weighted by molar-refractivity contribution is -0.273. The van der Waals surface area contributed by atoms with Gasteiger partial charge in [0.2, 0.25) is 5.95 Å². The average molecular weight is 519 g/mol. The number of nitrogens with zero attached hydrogens (tertiary/aromatic N) is 7. The van der Waals surface area contributed by atoms with E-state index in [1.54, 1.807) is 22.8 Å². The van der Waals surface area contributed by atoms with Gasteiger partial charge in [0.15, 0.2) is 17.2 Å². The van der Waals surface area contributed by atoms with E-state index in [0.717, 1.165) is 6.07 Å². The predicted molar refractivity (Wildman–Crippen MR) is 129 cm³/mol. The Hall–Kier alpha value is -4.67. The Balaban J connectivity index is 1.58. The third kappa shape index (κ3) is 3.78. The van der Waals surface area contributed by atoms with Gasteiger partial charge in [-0.3, -0.25) is 13.7 Å². The largest absolute Gasteiger partial charge is 0.490 e. The van der Waals surface area contributed by atoms with Gasteiger partial charge < -0.3 is 4.74 Å². The van der Waals surface area contributed by atoms with Crippen molar-refractivity contribution < 1.29 is 23.3 Å². The molecule has 0 N–H and O–H groups in total. The first-order chi connectivity index (χ1) is 18.5. The Kier molecular flexibility index (Phi) is 5.82. The van der Waals surface area contributed by atoms with Gasteiger partial charge >= 0.3 is 5.69 Å². The molecule has 1 aliphatic heterocycles. The first kappa shape index (κ1) is 23.7. The molecule has 0 spiro atoms. The summed E-state index contributed by atoms with van der Waals surface area (Å²) in [4.78, 5) is 36.9. The lowest BCUT2D eigenvalue weighted by atomic mass is 10.00. The molecular formula is C25H19F2N7O4. The number of imidazole rings is 2. The highest BCUT2D eigenvalue weighted by molar-refractivity contribution is 5.79. The van der Waals surface area contributed by atoms with Crippen LogP contribution in [-0.2, 0) is 16.3 Å². The molecule has 192 valence electrons. The van der Waals surface area contributed by atoms with E-state index in [9.17, 15) is 18.8 Å². The number of halogens is 2. The molecule has 0 unspecified atom stereocenters. The smallest absolute Gasteiger partial charge is 0.331 e. The minimum absolute atomic E-state index is 0.0635. The molecule has 1 aliphatic rings. The van der Waals surface area contributed by atoms with Crippen LogP contribution in [0.3, 0.4) is 0 Å². The Morgan fingerprint density at radius 3 is 2.89 bits per heavy atom. The van der Waals surface area contributed by atoms with E-state index >= 15 is 0 Å². The Morgan fingerprint density at radius 2 is 2.08 bits per heavy atom. The normalized spacial score (nSPS) is 14.9. The molecule has 6 rings (SSSR count). The number of fused-ring (bicyclic) bond motifs is 3. The third-order valence-corrected chi connectivity index (χ3v) is 6.45. The summed E-state index contributed by atoms with van der Waals surface area (Å²) < 4.78 is 38.7. The van der Waals surface area contributed by atoms with Crippen LogP contribution in [0.5, 0.6) is 5.75 Å². The Morgan fingerprint density at radius 1 is 1.21 bits per heavy atom. The van der Waals surface area contributed by atoms with Crippen molar-refractivity contribution in [2.24, 2.45) is 0 Å². The molecule has 11 nitrogen and oxygen atoms in total. The summed E-state index contributed by atoms with van der Waals surface area (Å²) in [5.74, 6) is -1.53. The van der Waals surface area contributed by atoms with Crippen molar-refractivity contribution in [2.45, 2.75) is 19.0 Å². The molecule has 0 saturated heterocycles. The standard InChI is InChI=1S/C25H19F2N7O4/c1-36-38-7-5-32-21-12-29-24(33-13-30-18-3-2-14(11-28)8-20(18)33)31-23(21)34(25(32)35)19-4-6-37-22-16(19)9-15(26)10-17(22)27/h2-3,8-10,12-13,19H,4-7H2,1H3/t19-/m1/s1. The summed E-state index contributed by atoms with van der Waals surface area (Å²) in [5.41, 5.74) is 2.05. The van der Waals surface area contributed by atoms with Crippen molar-refractivity contribution in [3.8, 4) is 17.8 Å². The van der Waals surface area contributed by atoms with Crippen LogP contribution in [0.4, 0.5) is 8.78 Å². The molecule has 0 saturated carbocycles. The molecule has 0 radical (unpaired) electrons. The van der Waals surface area contributed by atoms with Crippen molar-refractivity contribution in [3.05, 3.63) is 76.1 Å². The first-order valence-electron chi connectivity index (χ1n) is 11.6. The number of benzene rings is 2.